The molecule has 2 fully saturated rings. The highest BCUT2D eigenvalue weighted by Crippen LogP contribution is 2.43. The second-order valence-corrected chi connectivity index (χ2v) is 8.32. The van der Waals surface area contributed by atoms with Crippen molar-refractivity contribution in [3.05, 3.63) is 65.6 Å². The highest BCUT2D eigenvalue weighted by atomic mass is 16.5. The first-order valence-electron chi connectivity index (χ1n) is 10.6. The van der Waals surface area contributed by atoms with Gasteiger partial charge >= 0.3 is 0 Å². The number of amides is 1. The molecule has 3 unspecified atom stereocenters. The van der Waals surface area contributed by atoms with Crippen molar-refractivity contribution in [3.63, 3.8) is 0 Å². The predicted molar refractivity (Wildman–Crippen MR) is 113 cm³/mol. The van der Waals surface area contributed by atoms with E-state index in [0.29, 0.717) is 29.3 Å². The summed E-state index contributed by atoms with van der Waals surface area (Å²) in [5.41, 5.74) is 2.92. The maximum absolute atomic E-state index is 13.7. The Balaban J connectivity index is 1.37. The number of aryl methyl sites for hydroxylation is 1. The van der Waals surface area contributed by atoms with E-state index in [9.17, 15) is 9.90 Å². The summed E-state index contributed by atoms with van der Waals surface area (Å²) in [6.45, 7) is 2.42. The molecule has 0 saturated carbocycles. The first-order valence-corrected chi connectivity index (χ1v) is 10.6. The van der Waals surface area contributed by atoms with Crippen molar-refractivity contribution in [1.82, 2.24) is 24.9 Å². The summed E-state index contributed by atoms with van der Waals surface area (Å²) in [6.07, 6.45) is 7.87. The van der Waals surface area contributed by atoms with Gasteiger partial charge in [-0.2, -0.15) is 15.0 Å². The minimum atomic E-state index is -0.125. The van der Waals surface area contributed by atoms with Crippen LogP contribution in [0.5, 0.6) is 5.88 Å². The van der Waals surface area contributed by atoms with Gasteiger partial charge in [-0.05, 0) is 49.4 Å². The average Bonchev–Trinajstić information content (AvgIpc) is 3.54. The van der Waals surface area contributed by atoms with E-state index >= 15 is 0 Å². The molecule has 0 spiro atoms. The van der Waals surface area contributed by atoms with Crippen LogP contribution in [0.4, 0.5) is 0 Å². The number of aliphatic hydroxyl groups excluding tert-OH is 1. The SMILES string of the molecule is Cc1ccc(OCC2CC3CCC2N3C(=O)c2cc(CO)ccc2-n2nccn2)nc1. The molecule has 1 amide bonds. The summed E-state index contributed by atoms with van der Waals surface area (Å²) in [7, 11) is 0. The van der Waals surface area contributed by atoms with Gasteiger partial charge in [0.1, 0.15) is 0 Å². The normalized spacial score (nSPS) is 22.1. The Morgan fingerprint density at radius 1 is 1.19 bits per heavy atom. The first-order chi connectivity index (χ1) is 15.1. The highest BCUT2D eigenvalue weighted by molar-refractivity contribution is 5.98. The lowest BCUT2D eigenvalue weighted by Crippen LogP contribution is -2.38. The molecule has 5 rings (SSSR count). The van der Waals surface area contributed by atoms with Crippen molar-refractivity contribution in [2.45, 2.75) is 44.9 Å². The lowest BCUT2D eigenvalue weighted by atomic mass is 9.90. The van der Waals surface area contributed by atoms with Crippen molar-refractivity contribution < 1.29 is 14.6 Å². The molecular weight excluding hydrogens is 394 g/mol. The summed E-state index contributed by atoms with van der Waals surface area (Å²) < 4.78 is 5.94. The van der Waals surface area contributed by atoms with Crippen LogP contribution in [0, 0.1) is 12.8 Å². The Hall–Kier alpha value is -3.26. The summed E-state index contributed by atoms with van der Waals surface area (Å²) >= 11 is 0. The molecular formula is C23H25N5O3. The van der Waals surface area contributed by atoms with E-state index in [1.807, 2.05) is 24.0 Å². The van der Waals surface area contributed by atoms with Gasteiger partial charge in [0.05, 0.1) is 36.9 Å². The van der Waals surface area contributed by atoms with E-state index < -0.39 is 0 Å². The molecule has 3 atom stereocenters. The average molecular weight is 419 g/mol. The number of pyridine rings is 1. The van der Waals surface area contributed by atoms with Crippen LogP contribution in [0.3, 0.4) is 0 Å². The van der Waals surface area contributed by atoms with E-state index in [1.165, 1.54) is 4.80 Å². The van der Waals surface area contributed by atoms with Crippen molar-refractivity contribution in [1.29, 1.82) is 0 Å². The largest absolute Gasteiger partial charge is 0.477 e. The van der Waals surface area contributed by atoms with Gasteiger partial charge in [0.2, 0.25) is 5.88 Å². The zero-order valence-corrected chi connectivity index (χ0v) is 17.4. The van der Waals surface area contributed by atoms with E-state index in [-0.39, 0.29) is 30.5 Å². The monoisotopic (exact) mass is 419 g/mol. The van der Waals surface area contributed by atoms with Crippen LogP contribution in [-0.4, -0.2) is 54.6 Å². The minimum absolute atomic E-state index is 0.0361. The van der Waals surface area contributed by atoms with Crippen LogP contribution in [0.2, 0.25) is 0 Å². The summed E-state index contributed by atoms with van der Waals surface area (Å²) in [6, 6.07) is 9.54. The lowest BCUT2D eigenvalue weighted by Gasteiger charge is -2.25. The molecule has 2 aliphatic rings. The zero-order chi connectivity index (χ0) is 21.4. The molecule has 2 aliphatic heterocycles. The quantitative estimate of drug-likeness (QED) is 0.660. The number of benzene rings is 1. The van der Waals surface area contributed by atoms with Crippen LogP contribution < -0.4 is 4.74 Å². The van der Waals surface area contributed by atoms with Crippen molar-refractivity contribution in [2.24, 2.45) is 5.92 Å². The Kier molecular flexibility index (Phi) is 5.15. The molecule has 2 aromatic heterocycles. The third-order valence-corrected chi connectivity index (χ3v) is 6.34. The second-order valence-electron chi connectivity index (χ2n) is 8.32. The predicted octanol–water partition coefficient (Wildman–Crippen LogP) is 2.54. The van der Waals surface area contributed by atoms with Crippen molar-refractivity contribution in [3.8, 4) is 11.6 Å². The van der Waals surface area contributed by atoms with Crippen LogP contribution in [0.15, 0.2) is 48.9 Å². The number of nitrogens with zero attached hydrogens (tertiary/aromatic N) is 5. The standard InChI is InChI=1S/C23H25N5O3/c1-15-2-7-22(24-12-15)31-14-17-11-18-4-6-20(17)27(18)23(30)19-10-16(13-29)3-5-21(19)28-25-8-9-26-28/h2-3,5,7-10,12,17-18,20,29H,4,6,11,13-14H2,1H3. The fourth-order valence-corrected chi connectivity index (χ4v) is 4.85. The molecule has 4 heterocycles. The van der Waals surface area contributed by atoms with Crippen LogP contribution in [0.1, 0.15) is 40.7 Å². The molecule has 8 heteroatoms. The minimum Gasteiger partial charge on any atom is -0.477 e. The Labute approximate surface area is 180 Å². The van der Waals surface area contributed by atoms with Gasteiger partial charge in [0.25, 0.3) is 5.91 Å². The summed E-state index contributed by atoms with van der Waals surface area (Å²) in [5.74, 6) is 0.859. The zero-order valence-electron chi connectivity index (χ0n) is 17.4. The molecule has 2 saturated heterocycles. The van der Waals surface area contributed by atoms with Gasteiger partial charge in [0.15, 0.2) is 0 Å². The van der Waals surface area contributed by atoms with Gasteiger partial charge in [-0.1, -0.05) is 12.1 Å². The summed E-state index contributed by atoms with van der Waals surface area (Å²) in [4.78, 5) is 21.5. The van der Waals surface area contributed by atoms with Gasteiger partial charge in [-0.3, -0.25) is 4.79 Å². The molecule has 3 aromatic rings. The second kappa shape index (κ2) is 8.11. The van der Waals surface area contributed by atoms with Gasteiger partial charge in [-0.25, -0.2) is 4.98 Å². The van der Waals surface area contributed by atoms with Gasteiger partial charge in [0, 0.05) is 30.3 Å². The fourth-order valence-electron chi connectivity index (χ4n) is 4.85. The number of rotatable bonds is 6. The highest BCUT2D eigenvalue weighted by Gasteiger charge is 2.49. The van der Waals surface area contributed by atoms with E-state index in [1.54, 1.807) is 36.8 Å². The number of aromatic nitrogens is 4. The Morgan fingerprint density at radius 2 is 2.03 bits per heavy atom. The van der Waals surface area contributed by atoms with Crippen LogP contribution in [0.25, 0.3) is 5.69 Å². The third kappa shape index (κ3) is 3.67. The number of aliphatic hydroxyl groups is 1. The Morgan fingerprint density at radius 3 is 2.77 bits per heavy atom. The number of fused-ring (bicyclic) bond motifs is 2. The van der Waals surface area contributed by atoms with E-state index in [4.69, 9.17) is 4.74 Å². The third-order valence-electron chi connectivity index (χ3n) is 6.34. The fraction of sp³-hybridized carbons (Fsp3) is 0.391. The smallest absolute Gasteiger partial charge is 0.256 e. The first kappa shape index (κ1) is 19.7. The number of ether oxygens (including phenoxy) is 1. The lowest BCUT2D eigenvalue weighted by molar-refractivity contribution is 0.0709. The summed E-state index contributed by atoms with van der Waals surface area (Å²) in [5, 5.41) is 18.0. The Bertz CT molecular complexity index is 1070. The number of carbonyl (C=O) groups is 1. The maximum Gasteiger partial charge on any atom is 0.256 e. The molecule has 2 bridgehead atoms. The molecule has 1 N–H and O–H groups in total. The van der Waals surface area contributed by atoms with Gasteiger partial charge in [-0.15, -0.1) is 0 Å². The van der Waals surface area contributed by atoms with Crippen molar-refractivity contribution in [2.75, 3.05) is 6.61 Å². The van der Waals surface area contributed by atoms with Crippen LogP contribution in [-0.2, 0) is 6.61 Å². The van der Waals surface area contributed by atoms with Gasteiger partial charge < -0.3 is 14.7 Å². The maximum atomic E-state index is 13.7. The molecule has 1 aromatic carbocycles. The topological polar surface area (TPSA) is 93.4 Å². The van der Waals surface area contributed by atoms with Crippen molar-refractivity contribution >= 4 is 5.91 Å². The molecule has 31 heavy (non-hydrogen) atoms. The number of carbonyl (C=O) groups excluding carboxylic acids is 1. The molecule has 0 aliphatic carbocycles. The van der Waals surface area contributed by atoms with Crippen LogP contribution >= 0.6 is 0 Å². The number of hydrogen-bond acceptors (Lipinski definition) is 6. The molecule has 0 radical (unpaired) electrons. The van der Waals surface area contributed by atoms with E-state index in [0.717, 1.165) is 24.8 Å². The molecule has 8 nitrogen and oxygen atoms in total. The van der Waals surface area contributed by atoms with E-state index in [2.05, 4.69) is 15.2 Å². The number of hydrogen-bond donors (Lipinski definition) is 1. The molecule has 160 valence electrons.